The van der Waals surface area contributed by atoms with Crippen LogP contribution in [0, 0.1) is 0 Å². The van der Waals surface area contributed by atoms with Crippen LogP contribution in [0.3, 0.4) is 0 Å². The van der Waals surface area contributed by atoms with Crippen molar-refractivity contribution in [3.05, 3.63) is 0 Å². The van der Waals surface area contributed by atoms with Crippen LogP contribution in [0.2, 0.25) is 0 Å². The molecule has 20 heavy (non-hydrogen) atoms. The number of hydrogen-bond acceptors (Lipinski definition) is 3. The second kappa shape index (κ2) is 14.1. The van der Waals surface area contributed by atoms with Crippen LogP contribution >= 0.6 is 35.7 Å². The van der Waals surface area contributed by atoms with Gasteiger partial charge < -0.3 is 15.4 Å². The lowest BCUT2D eigenvalue weighted by molar-refractivity contribution is -0.173. The van der Waals surface area contributed by atoms with Crippen molar-refractivity contribution in [3.63, 3.8) is 0 Å². The summed E-state index contributed by atoms with van der Waals surface area (Å²) in [5.41, 5.74) is 0. The first kappa shape index (κ1) is 22.4. The third-order valence-corrected chi connectivity index (χ3v) is 2.54. The maximum atomic E-state index is 11.8. The number of nitrogens with one attached hydrogen (secondary N) is 2. The smallest absolute Gasteiger partial charge is 0.372 e. The molecule has 0 radical (unpaired) electrons. The summed E-state index contributed by atoms with van der Waals surface area (Å²) in [6.07, 6.45) is -1.77. The summed E-state index contributed by atoms with van der Waals surface area (Å²) in [7, 11) is 0. The number of alkyl halides is 3. The van der Waals surface area contributed by atoms with Crippen molar-refractivity contribution < 1.29 is 17.9 Å². The number of ether oxygens (including phenoxy) is 1. The molecule has 0 spiro atoms. The lowest BCUT2D eigenvalue weighted by Gasteiger charge is -2.10. The van der Waals surface area contributed by atoms with Gasteiger partial charge in [-0.05, 0) is 19.6 Å². The maximum absolute atomic E-state index is 11.8. The van der Waals surface area contributed by atoms with E-state index in [2.05, 4.69) is 20.4 Å². The predicted octanol–water partition coefficient (Wildman–Crippen LogP) is 2.49. The Morgan fingerprint density at radius 2 is 2.00 bits per heavy atom. The lowest BCUT2D eigenvalue weighted by atomic mass is 10.4. The van der Waals surface area contributed by atoms with E-state index in [0.717, 1.165) is 18.8 Å². The van der Waals surface area contributed by atoms with Crippen LogP contribution in [-0.4, -0.2) is 57.0 Å². The van der Waals surface area contributed by atoms with E-state index in [0.29, 0.717) is 18.9 Å². The Morgan fingerprint density at radius 3 is 2.55 bits per heavy atom. The van der Waals surface area contributed by atoms with Crippen molar-refractivity contribution in [1.82, 2.24) is 10.6 Å². The molecule has 0 aromatic carbocycles. The Balaban J connectivity index is 0. The average molecular weight is 429 g/mol. The Bertz CT molecular complexity index is 256. The Labute approximate surface area is 139 Å². The first-order chi connectivity index (χ1) is 8.99. The Kier molecular flexibility index (Phi) is 15.7. The molecule has 0 aliphatic rings. The van der Waals surface area contributed by atoms with Crippen LogP contribution in [0.25, 0.3) is 0 Å². The van der Waals surface area contributed by atoms with Crippen molar-refractivity contribution in [2.24, 2.45) is 4.99 Å². The highest BCUT2D eigenvalue weighted by Gasteiger charge is 2.27. The van der Waals surface area contributed by atoms with Crippen molar-refractivity contribution in [2.75, 3.05) is 44.9 Å². The second-order valence-electron chi connectivity index (χ2n) is 3.70. The zero-order chi connectivity index (χ0) is 14.6. The first-order valence-electron chi connectivity index (χ1n) is 6.15. The molecule has 9 heteroatoms. The lowest BCUT2D eigenvalue weighted by Crippen LogP contribution is -2.38. The summed E-state index contributed by atoms with van der Waals surface area (Å²) in [6.45, 7) is 2.81. The largest absolute Gasteiger partial charge is 0.411 e. The highest BCUT2D eigenvalue weighted by atomic mass is 127. The van der Waals surface area contributed by atoms with Gasteiger partial charge >= 0.3 is 6.18 Å². The minimum atomic E-state index is -4.25. The monoisotopic (exact) mass is 429 g/mol. The summed E-state index contributed by atoms with van der Waals surface area (Å²) in [6, 6.07) is 0. The summed E-state index contributed by atoms with van der Waals surface area (Å²) >= 11 is 1.73. The van der Waals surface area contributed by atoms with E-state index in [4.69, 9.17) is 0 Å². The molecule has 0 unspecified atom stereocenters. The molecule has 0 amide bonds. The zero-order valence-corrected chi connectivity index (χ0v) is 14.9. The minimum absolute atomic E-state index is 0. The number of rotatable bonds is 9. The van der Waals surface area contributed by atoms with Crippen molar-refractivity contribution in [1.29, 1.82) is 0 Å². The molecular formula is C11H23F3IN3OS. The highest BCUT2D eigenvalue weighted by molar-refractivity contribution is 14.0. The molecule has 0 saturated carbocycles. The molecule has 0 fully saturated rings. The van der Waals surface area contributed by atoms with Crippen LogP contribution in [-0.2, 0) is 4.74 Å². The van der Waals surface area contributed by atoms with E-state index in [1.54, 1.807) is 11.8 Å². The molecule has 0 saturated heterocycles. The van der Waals surface area contributed by atoms with Gasteiger partial charge in [-0.1, -0.05) is 0 Å². The molecule has 0 aliphatic carbocycles. The number of nitrogens with zero attached hydrogens (tertiary/aromatic N) is 1. The van der Waals surface area contributed by atoms with Gasteiger partial charge in [0.1, 0.15) is 6.61 Å². The SMILES string of the molecule is CCNC(=NCCCOCC(F)(F)F)NCCSC.I. The minimum Gasteiger partial charge on any atom is -0.372 e. The molecule has 0 heterocycles. The van der Waals surface area contributed by atoms with Gasteiger partial charge in [-0.15, -0.1) is 24.0 Å². The van der Waals surface area contributed by atoms with Crippen molar-refractivity contribution in [2.45, 2.75) is 19.5 Å². The van der Waals surface area contributed by atoms with E-state index in [-0.39, 0.29) is 30.6 Å². The van der Waals surface area contributed by atoms with Gasteiger partial charge in [0, 0.05) is 32.0 Å². The van der Waals surface area contributed by atoms with E-state index in [1.165, 1.54) is 0 Å². The molecule has 0 rings (SSSR count). The molecule has 0 aromatic rings. The molecule has 2 N–H and O–H groups in total. The zero-order valence-electron chi connectivity index (χ0n) is 11.8. The average Bonchev–Trinajstić information content (AvgIpc) is 2.32. The quantitative estimate of drug-likeness (QED) is 0.256. The van der Waals surface area contributed by atoms with E-state index in [1.807, 2.05) is 13.2 Å². The third-order valence-electron chi connectivity index (χ3n) is 1.93. The molecule has 0 aliphatic heterocycles. The number of halogens is 4. The molecule has 0 aromatic heterocycles. The van der Waals surface area contributed by atoms with Gasteiger partial charge in [-0.3, -0.25) is 4.99 Å². The molecular weight excluding hydrogens is 406 g/mol. The maximum Gasteiger partial charge on any atom is 0.411 e. The normalized spacial score (nSPS) is 11.9. The second-order valence-corrected chi connectivity index (χ2v) is 4.69. The summed E-state index contributed by atoms with van der Waals surface area (Å²) in [5, 5.41) is 6.20. The number of hydrogen-bond donors (Lipinski definition) is 2. The Morgan fingerprint density at radius 1 is 1.30 bits per heavy atom. The van der Waals surface area contributed by atoms with Crippen LogP contribution in [0.4, 0.5) is 13.2 Å². The van der Waals surface area contributed by atoms with Gasteiger partial charge in [0.2, 0.25) is 0 Å². The third kappa shape index (κ3) is 16.2. The molecule has 0 bridgehead atoms. The van der Waals surface area contributed by atoms with E-state index < -0.39 is 12.8 Å². The number of guanidine groups is 1. The van der Waals surface area contributed by atoms with Crippen LogP contribution < -0.4 is 10.6 Å². The molecule has 4 nitrogen and oxygen atoms in total. The summed E-state index contributed by atoms with van der Waals surface area (Å²) < 4.78 is 39.9. The van der Waals surface area contributed by atoms with Gasteiger partial charge in [0.05, 0.1) is 0 Å². The highest BCUT2D eigenvalue weighted by Crippen LogP contribution is 2.14. The van der Waals surface area contributed by atoms with Gasteiger partial charge in [-0.25, -0.2) is 0 Å². The summed E-state index contributed by atoms with van der Waals surface area (Å²) in [4.78, 5) is 4.24. The summed E-state index contributed by atoms with van der Waals surface area (Å²) in [5.74, 6) is 1.66. The van der Waals surface area contributed by atoms with Crippen molar-refractivity contribution >= 4 is 41.7 Å². The van der Waals surface area contributed by atoms with Crippen LogP contribution in [0.1, 0.15) is 13.3 Å². The van der Waals surface area contributed by atoms with Gasteiger partial charge in [0.15, 0.2) is 5.96 Å². The predicted molar refractivity (Wildman–Crippen MR) is 89.3 cm³/mol. The van der Waals surface area contributed by atoms with E-state index in [9.17, 15) is 13.2 Å². The number of aliphatic imine (C=N–C) groups is 1. The van der Waals surface area contributed by atoms with Gasteiger partial charge in [-0.2, -0.15) is 24.9 Å². The molecule has 0 atom stereocenters. The topological polar surface area (TPSA) is 45.7 Å². The fraction of sp³-hybridized carbons (Fsp3) is 0.909. The fourth-order valence-corrected chi connectivity index (χ4v) is 1.46. The molecule has 122 valence electrons. The van der Waals surface area contributed by atoms with Gasteiger partial charge in [0.25, 0.3) is 0 Å². The Hall–Kier alpha value is 0.1000. The van der Waals surface area contributed by atoms with Crippen LogP contribution in [0.15, 0.2) is 4.99 Å². The van der Waals surface area contributed by atoms with Crippen LogP contribution in [0.5, 0.6) is 0 Å². The van der Waals surface area contributed by atoms with Crippen molar-refractivity contribution in [3.8, 4) is 0 Å². The number of thioether (sulfide) groups is 1. The standard InChI is InChI=1S/C11H22F3N3OS.HI/c1-3-15-10(17-6-8-19-2)16-5-4-7-18-9-11(12,13)14;/h3-9H2,1-2H3,(H2,15,16,17);1H. The first-order valence-corrected chi connectivity index (χ1v) is 7.54. The van der Waals surface area contributed by atoms with E-state index >= 15 is 0 Å². The fourth-order valence-electron chi connectivity index (χ4n) is 1.16.